The summed E-state index contributed by atoms with van der Waals surface area (Å²) in [6.07, 6.45) is 2.14. The molecule has 2 rings (SSSR count). The first-order chi connectivity index (χ1) is 12.8. The van der Waals surface area contributed by atoms with Crippen LogP contribution in [-0.4, -0.2) is 33.8 Å². The van der Waals surface area contributed by atoms with E-state index in [4.69, 9.17) is 0 Å². The molecule has 0 bridgehead atoms. The van der Waals surface area contributed by atoms with E-state index in [2.05, 4.69) is 36.8 Å². The van der Waals surface area contributed by atoms with Crippen LogP contribution >= 0.6 is 15.9 Å². The highest BCUT2D eigenvalue weighted by Crippen LogP contribution is 2.13. The van der Waals surface area contributed by atoms with Gasteiger partial charge in [0.05, 0.1) is 6.20 Å². The Morgan fingerprint density at radius 2 is 1.81 bits per heavy atom. The van der Waals surface area contributed by atoms with Crippen molar-refractivity contribution in [2.75, 3.05) is 5.32 Å². The molecule has 1 aromatic carbocycles. The smallest absolute Gasteiger partial charge is 0.248 e. The fourth-order valence-electron chi connectivity index (χ4n) is 2.52. The number of carbonyl (C=O) groups excluding carboxylic acids is 3. The summed E-state index contributed by atoms with van der Waals surface area (Å²) in [6, 6.07) is 7.94. The van der Waals surface area contributed by atoms with E-state index in [1.165, 1.54) is 6.20 Å². The molecule has 27 heavy (non-hydrogen) atoms. The van der Waals surface area contributed by atoms with Crippen molar-refractivity contribution in [3.05, 3.63) is 46.6 Å². The number of halogens is 1. The lowest BCUT2D eigenvalue weighted by molar-refractivity contribution is -0.126. The second kappa shape index (κ2) is 10.0. The number of benzene rings is 1. The number of aromatic amines is 1. The third-order valence-electron chi connectivity index (χ3n) is 3.86. The SMILES string of the molecule is CC(C)CC(NC(=O)CCC(=O)c1ccc(Br)cc1)C(=O)Nc1ccn[nH]1. The van der Waals surface area contributed by atoms with Gasteiger partial charge in [0.1, 0.15) is 11.9 Å². The Morgan fingerprint density at radius 3 is 2.41 bits per heavy atom. The van der Waals surface area contributed by atoms with E-state index < -0.39 is 6.04 Å². The van der Waals surface area contributed by atoms with Gasteiger partial charge in [-0.05, 0) is 24.5 Å². The van der Waals surface area contributed by atoms with E-state index in [-0.39, 0.29) is 36.4 Å². The van der Waals surface area contributed by atoms with Crippen LogP contribution in [0.15, 0.2) is 41.0 Å². The molecule has 0 aliphatic heterocycles. The van der Waals surface area contributed by atoms with E-state index in [1.807, 2.05) is 13.8 Å². The van der Waals surface area contributed by atoms with Gasteiger partial charge >= 0.3 is 0 Å². The molecular weight excluding hydrogens is 412 g/mol. The van der Waals surface area contributed by atoms with Gasteiger partial charge in [0.2, 0.25) is 11.8 Å². The van der Waals surface area contributed by atoms with Crippen LogP contribution in [-0.2, 0) is 9.59 Å². The number of hydrogen-bond acceptors (Lipinski definition) is 4. The van der Waals surface area contributed by atoms with Crippen LogP contribution in [0.1, 0.15) is 43.5 Å². The highest BCUT2D eigenvalue weighted by Gasteiger charge is 2.22. The molecule has 1 unspecified atom stereocenters. The average molecular weight is 435 g/mol. The monoisotopic (exact) mass is 434 g/mol. The zero-order chi connectivity index (χ0) is 19.8. The highest BCUT2D eigenvalue weighted by molar-refractivity contribution is 9.10. The van der Waals surface area contributed by atoms with Crippen molar-refractivity contribution in [3.63, 3.8) is 0 Å². The third kappa shape index (κ3) is 6.97. The van der Waals surface area contributed by atoms with Gasteiger partial charge in [-0.25, -0.2) is 0 Å². The van der Waals surface area contributed by atoms with E-state index in [9.17, 15) is 14.4 Å². The van der Waals surface area contributed by atoms with Crippen molar-refractivity contribution < 1.29 is 14.4 Å². The molecule has 2 amide bonds. The molecule has 3 N–H and O–H groups in total. The zero-order valence-corrected chi connectivity index (χ0v) is 16.9. The molecule has 0 saturated carbocycles. The van der Waals surface area contributed by atoms with Crippen molar-refractivity contribution in [2.45, 2.75) is 39.2 Å². The standard InChI is InChI=1S/C19H23BrN4O3/c1-12(2)11-15(19(27)23-17-9-10-21-24-17)22-18(26)8-7-16(25)13-3-5-14(20)6-4-13/h3-6,9-10,12,15H,7-8,11H2,1-2H3,(H,22,26)(H2,21,23,24,27). The first-order valence-corrected chi connectivity index (χ1v) is 9.53. The van der Waals surface area contributed by atoms with Gasteiger partial charge in [0.25, 0.3) is 0 Å². The van der Waals surface area contributed by atoms with E-state index in [1.54, 1.807) is 30.3 Å². The van der Waals surface area contributed by atoms with Crippen LogP contribution in [0.5, 0.6) is 0 Å². The summed E-state index contributed by atoms with van der Waals surface area (Å²) in [4.78, 5) is 36.9. The Hall–Kier alpha value is -2.48. The number of aromatic nitrogens is 2. The minimum Gasteiger partial charge on any atom is -0.344 e. The zero-order valence-electron chi connectivity index (χ0n) is 15.3. The molecule has 0 saturated heterocycles. The highest BCUT2D eigenvalue weighted by atomic mass is 79.9. The van der Waals surface area contributed by atoms with E-state index >= 15 is 0 Å². The number of hydrogen-bond donors (Lipinski definition) is 3. The summed E-state index contributed by atoms with van der Waals surface area (Å²) in [5, 5.41) is 11.8. The molecule has 0 aliphatic carbocycles. The molecule has 2 aromatic rings. The lowest BCUT2D eigenvalue weighted by atomic mass is 10.0. The van der Waals surface area contributed by atoms with Gasteiger partial charge in [-0.1, -0.05) is 41.9 Å². The summed E-state index contributed by atoms with van der Waals surface area (Å²) in [7, 11) is 0. The second-order valence-electron chi connectivity index (χ2n) is 6.64. The Kier molecular flexibility index (Phi) is 7.72. The van der Waals surface area contributed by atoms with E-state index in [0.29, 0.717) is 17.8 Å². The van der Waals surface area contributed by atoms with Gasteiger partial charge in [-0.15, -0.1) is 0 Å². The molecule has 0 fully saturated rings. The van der Waals surface area contributed by atoms with Crippen molar-refractivity contribution in [1.29, 1.82) is 0 Å². The van der Waals surface area contributed by atoms with Gasteiger partial charge < -0.3 is 10.6 Å². The molecule has 0 radical (unpaired) electrons. The number of H-pyrrole nitrogens is 1. The van der Waals surface area contributed by atoms with Crippen LogP contribution in [0.2, 0.25) is 0 Å². The number of nitrogens with one attached hydrogen (secondary N) is 3. The molecule has 1 heterocycles. The summed E-state index contributed by atoms with van der Waals surface area (Å²) >= 11 is 3.32. The Labute approximate surface area is 166 Å². The van der Waals surface area contributed by atoms with Crippen molar-refractivity contribution in [3.8, 4) is 0 Å². The molecule has 0 aliphatic rings. The van der Waals surface area contributed by atoms with Gasteiger partial charge in [0.15, 0.2) is 5.78 Å². The predicted octanol–water partition coefficient (Wildman–Crippen LogP) is 3.30. The second-order valence-corrected chi connectivity index (χ2v) is 7.55. The molecular formula is C19H23BrN4O3. The largest absolute Gasteiger partial charge is 0.344 e. The molecule has 1 aromatic heterocycles. The predicted molar refractivity (Wildman–Crippen MR) is 106 cm³/mol. The van der Waals surface area contributed by atoms with Crippen LogP contribution in [0, 0.1) is 5.92 Å². The molecule has 1 atom stereocenters. The Bertz CT molecular complexity index is 773. The number of amides is 2. The van der Waals surface area contributed by atoms with Gasteiger partial charge in [0, 0.05) is 28.9 Å². The van der Waals surface area contributed by atoms with Crippen LogP contribution in [0.4, 0.5) is 5.82 Å². The molecule has 144 valence electrons. The quantitative estimate of drug-likeness (QED) is 0.526. The minimum absolute atomic E-state index is 0.0286. The maximum atomic E-state index is 12.4. The Morgan fingerprint density at radius 1 is 1.11 bits per heavy atom. The summed E-state index contributed by atoms with van der Waals surface area (Å²) in [5.41, 5.74) is 0.557. The topological polar surface area (TPSA) is 104 Å². The number of nitrogens with zero attached hydrogens (tertiary/aromatic N) is 1. The minimum atomic E-state index is -0.677. The van der Waals surface area contributed by atoms with Gasteiger partial charge in [-0.2, -0.15) is 5.10 Å². The summed E-state index contributed by atoms with van der Waals surface area (Å²) < 4.78 is 0.886. The normalized spacial score (nSPS) is 11.9. The lowest BCUT2D eigenvalue weighted by Crippen LogP contribution is -2.44. The van der Waals surface area contributed by atoms with Crippen molar-refractivity contribution >= 4 is 39.3 Å². The van der Waals surface area contributed by atoms with Crippen molar-refractivity contribution in [2.24, 2.45) is 5.92 Å². The summed E-state index contributed by atoms with van der Waals surface area (Å²) in [6.45, 7) is 3.94. The first-order valence-electron chi connectivity index (χ1n) is 8.73. The molecule has 7 nitrogen and oxygen atoms in total. The summed E-state index contributed by atoms with van der Waals surface area (Å²) in [5.74, 6) is -0.0768. The van der Waals surface area contributed by atoms with Crippen LogP contribution < -0.4 is 10.6 Å². The number of Topliss-reactive ketones (excluding diaryl/α,β-unsaturated/α-hetero) is 1. The fraction of sp³-hybridized carbons (Fsp3) is 0.368. The number of rotatable bonds is 9. The molecule has 8 heteroatoms. The maximum Gasteiger partial charge on any atom is 0.248 e. The number of anilines is 1. The number of ketones is 1. The van der Waals surface area contributed by atoms with E-state index in [0.717, 1.165) is 4.47 Å². The van der Waals surface area contributed by atoms with Gasteiger partial charge in [-0.3, -0.25) is 19.5 Å². The Balaban J connectivity index is 1.89. The number of carbonyl (C=O) groups is 3. The first kappa shape index (κ1) is 20.8. The molecule has 0 spiro atoms. The average Bonchev–Trinajstić information content (AvgIpc) is 3.12. The maximum absolute atomic E-state index is 12.4. The lowest BCUT2D eigenvalue weighted by Gasteiger charge is -2.19. The third-order valence-corrected chi connectivity index (χ3v) is 4.39. The van der Waals surface area contributed by atoms with Crippen LogP contribution in [0.3, 0.4) is 0 Å². The fourth-order valence-corrected chi connectivity index (χ4v) is 2.79. The van der Waals surface area contributed by atoms with Crippen molar-refractivity contribution in [1.82, 2.24) is 15.5 Å². The van der Waals surface area contributed by atoms with Crippen LogP contribution in [0.25, 0.3) is 0 Å².